The minimum atomic E-state index is 0.541. The van der Waals surface area contributed by atoms with Gasteiger partial charge in [-0.3, -0.25) is 4.99 Å². The van der Waals surface area contributed by atoms with E-state index in [1.54, 1.807) is 0 Å². The van der Waals surface area contributed by atoms with E-state index in [-0.39, 0.29) is 0 Å². The van der Waals surface area contributed by atoms with Crippen LogP contribution in [0.4, 0.5) is 0 Å². The molecule has 0 radical (unpaired) electrons. The molecule has 2 heterocycles. The van der Waals surface area contributed by atoms with Crippen molar-refractivity contribution in [3.63, 3.8) is 0 Å². The van der Waals surface area contributed by atoms with E-state index in [0.717, 1.165) is 5.92 Å². The van der Waals surface area contributed by atoms with Gasteiger partial charge in [-0.1, -0.05) is 23.8 Å². The van der Waals surface area contributed by atoms with Crippen molar-refractivity contribution in [1.29, 1.82) is 0 Å². The molecule has 1 fully saturated rings. The van der Waals surface area contributed by atoms with Crippen molar-refractivity contribution in [1.82, 2.24) is 5.32 Å². The summed E-state index contributed by atoms with van der Waals surface area (Å²) in [7, 11) is 0. The monoisotopic (exact) mass is 242 g/mol. The van der Waals surface area contributed by atoms with Crippen LogP contribution in [0.1, 0.15) is 36.0 Å². The highest BCUT2D eigenvalue weighted by molar-refractivity contribution is 5.82. The van der Waals surface area contributed by atoms with Gasteiger partial charge in [-0.2, -0.15) is 0 Å². The summed E-state index contributed by atoms with van der Waals surface area (Å²) < 4.78 is 0. The molecule has 1 saturated heterocycles. The number of rotatable bonds is 1. The molecule has 0 aliphatic carbocycles. The molecule has 1 aromatic rings. The van der Waals surface area contributed by atoms with Crippen LogP contribution in [0.5, 0.6) is 0 Å². The van der Waals surface area contributed by atoms with Crippen LogP contribution in [-0.2, 0) is 6.42 Å². The molecule has 2 heteroatoms. The molecular formula is C16H22N2. The predicted octanol–water partition coefficient (Wildman–Crippen LogP) is 2.73. The molecule has 3 rings (SSSR count). The fraction of sp³-hybridized carbons (Fsp3) is 0.562. The van der Waals surface area contributed by atoms with Crippen molar-refractivity contribution >= 4 is 6.21 Å². The maximum Gasteiger partial charge on any atom is 0.0532 e. The van der Waals surface area contributed by atoms with Gasteiger partial charge in [-0.25, -0.2) is 0 Å². The Balaban J connectivity index is 1.76. The Kier molecular flexibility index (Phi) is 3.46. The summed E-state index contributed by atoms with van der Waals surface area (Å²) in [4.78, 5) is 4.87. The topological polar surface area (TPSA) is 24.4 Å². The van der Waals surface area contributed by atoms with Crippen LogP contribution in [0.25, 0.3) is 0 Å². The molecule has 0 aromatic heterocycles. The molecule has 1 unspecified atom stereocenters. The van der Waals surface area contributed by atoms with E-state index in [0.29, 0.717) is 6.04 Å². The van der Waals surface area contributed by atoms with Crippen molar-refractivity contribution in [2.45, 2.75) is 38.6 Å². The predicted molar refractivity (Wildman–Crippen MR) is 76.5 cm³/mol. The molecule has 1 atom stereocenters. The highest BCUT2D eigenvalue weighted by Crippen LogP contribution is 2.26. The number of fused-ring (bicyclic) bond motifs is 1. The van der Waals surface area contributed by atoms with Gasteiger partial charge in [0.15, 0.2) is 0 Å². The summed E-state index contributed by atoms with van der Waals surface area (Å²) in [6.45, 7) is 4.51. The summed E-state index contributed by atoms with van der Waals surface area (Å²) in [5.41, 5.74) is 4.18. The SMILES string of the molecule is Cc1ccc2c(c1)CCC(C1CCNCC1)N=C2. The van der Waals surface area contributed by atoms with E-state index in [4.69, 9.17) is 4.99 Å². The molecule has 96 valence electrons. The first kappa shape index (κ1) is 11.9. The molecule has 1 aromatic carbocycles. The van der Waals surface area contributed by atoms with Crippen LogP contribution in [-0.4, -0.2) is 25.3 Å². The standard InChI is InChI=1S/C16H22N2/c1-12-2-3-15-11-18-16(5-4-14(15)10-12)13-6-8-17-9-7-13/h2-3,10-11,13,16-17H,4-9H2,1H3. The van der Waals surface area contributed by atoms with E-state index in [9.17, 15) is 0 Å². The second kappa shape index (κ2) is 5.23. The largest absolute Gasteiger partial charge is 0.317 e. The molecule has 1 N–H and O–H groups in total. The third kappa shape index (κ3) is 2.49. The van der Waals surface area contributed by atoms with E-state index in [1.165, 1.54) is 55.5 Å². The third-order valence-electron chi connectivity index (χ3n) is 4.34. The lowest BCUT2D eigenvalue weighted by molar-refractivity contribution is 0.310. The van der Waals surface area contributed by atoms with Crippen LogP contribution < -0.4 is 5.32 Å². The fourth-order valence-electron chi connectivity index (χ4n) is 3.22. The van der Waals surface area contributed by atoms with Crippen molar-refractivity contribution in [2.24, 2.45) is 10.9 Å². The number of nitrogens with zero attached hydrogens (tertiary/aromatic N) is 1. The summed E-state index contributed by atoms with van der Waals surface area (Å²) >= 11 is 0. The zero-order valence-electron chi connectivity index (χ0n) is 11.2. The van der Waals surface area contributed by atoms with Gasteiger partial charge in [0.25, 0.3) is 0 Å². The zero-order chi connectivity index (χ0) is 12.4. The van der Waals surface area contributed by atoms with Crippen LogP contribution in [0.2, 0.25) is 0 Å². The molecule has 0 spiro atoms. The summed E-state index contributed by atoms with van der Waals surface area (Å²) in [5, 5.41) is 3.44. The van der Waals surface area contributed by atoms with Crippen LogP contribution in [0, 0.1) is 12.8 Å². The molecular weight excluding hydrogens is 220 g/mol. The zero-order valence-corrected chi connectivity index (χ0v) is 11.2. The van der Waals surface area contributed by atoms with Gasteiger partial charge in [-0.05, 0) is 62.7 Å². The van der Waals surface area contributed by atoms with Gasteiger partial charge in [0.2, 0.25) is 0 Å². The minimum absolute atomic E-state index is 0.541. The van der Waals surface area contributed by atoms with E-state index in [2.05, 4.69) is 36.7 Å². The van der Waals surface area contributed by atoms with Gasteiger partial charge in [0.05, 0.1) is 6.04 Å². The lowest BCUT2D eigenvalue weighted by atomic mass is 9.87. The van der Waals surface area contributed by atoms with E-state index >= 15 is 0 Å². The summed E-state index contributed by atoms with van der Waals surface area (Å²) in [6, 6.07) is 7.28. The average molecular weight is 242 g/mol. The first-order valence-corrected chi connectivity index (χ1v) is 7.16. The number of aryl methyl sites for hydroxylation is 2. The number of aliphatic imine (C=N–C) groups is 1. The van der Waals surface area contributed by atoms with Gasteiger partial charge < -0.3 is 5.32 Å². The quantitative estimate of drug-likeness (QED) is 0.804. The molecule has 2 aliphatic rings. The normalized spacial score (nSPS) is 24.6. The first-order valence-electron chi connectivity index (χ1n) is 7.16. The number of benzene rings is 1. The highest BCUT2D eigenvalue weighted by atomic mass is 14.9. The van der Waals surface area contributed by atoms with Crippen LogP contribution in [0.15, 0.2) is 23.2 Å². The van der Waals surface area contributed by atoms with Crippen LogP contribution >= 0.6 is 0 Å². The van der Waals surface area contributed by atoms with Gasteiger partial charge in [0, 0.05) is 6.21 Å². The first-order chi connectivity index (χ1) is 8.83. The van der Waals surface area contributed by atoms with Crippen molar-refractivity contribution in [2.75, 3.05) is 13.1 Å². The molecule has 0 amide bonds. The smallest absolute Gasteiger partial charge is 0.0532 e. The van der Waals surface area contributed by atoms with E-state index in [1.807, 2.05) is 0 Å². The number of nitrogens with one attached hydrogen (secondary N) is 1. The summed E-state index contributed by atoms with van der Waals surface area (Å²) in [5.74, 6) is 0.790. The van der Waals surface area contributed by atoms with Crippen molar-refractivity contribution < 1.29 is 0 Å². The number of piperidine rings is 1. The Hall–Kier alpha value is -1.15. The second-order valence-corrected chi connectivity index (χ2v) is 5.67. The maximum absolute atomic E-state index is 4.87. The van der Waals surface area contributed by atoms with Gasteiger partial charge in [-0.15, -0.1) is 0 Å². The van der Waals surface area contributed by atoms with Crippen molar-refractivity contribution in [3.05, 3.63) is 34.9 Å². The van der Waals surface area contributed by atoms with Crippen molar-refractivity contribution in [3.8, 4) is 0 Å². The van der Waals surface area contributed by atoms with Gasteiger partial charge in [0.1, 0.15) is 0 Å². The second-order valence-electron chi connectivity index (χ2n) is 5.67. The Morgan fingerprint density at radius 3 is 2.83 bits per heavy atom. The minimum Gasteiger partial charge on any atom is -0.317 e. The molecule has 2 aliphatic heterocycles. The third-order valence-corrected chi connectivity index (χ3v) is 4.34. The Bertz CT molecular complexity index is 444. The maximum atomic E-state index is 4.87. The summed E-state index contributed by atoms with van der Waals surface area (Å²) in [6.07, 6.45) is 7.10. The van der Waals surface area contributed by atoms with Crippen LogP contribution in [0.3, 0.4) is 0 Å². The molecule has 2 nitrogen and oxygen atoms in total. The Labute approximate surface area is 110 Å². The van der Waals surface area contributed by atoms with Gasteiger partial charge >= 0.3 is 0 Å². The van der Waals surface area contributed by atoms with E-state index < -0.39 is 0 Å². The number of hydrogen-bond acceptors (Lipinski definition) is 2. The fourth-order valence-corrected chi connectivity index (χ4v) is 3.22. The molecule has 0 bridgehead atoms. The average Bonchev–Trinajstić information content (AvgIpc) is 2.62. The molecule has 0 saturated carbocycles. The Morgan fingerprint density at radius 1 is 1.17 bits per heavy atom. The lowest BCUT2D eigenvalue weighted by Crippen LogP contribution is -2.33. The Morgan fingerprint density at radius 2 is 2.00 bits per heavy atom. The molecule has 18 heavy (non-hydrogen) atoms. The lowest BCUT2D eigenvalue weighted by Gasteiger charge is -2.27. The number of hydrogen-bond donors (Lipinski definition) is 1. The highest BCUT2D eigenvalue weighted by Gasteiger charge is 2.24.